The summed E-state index contributed by atoms with van der Waals surface area (Å²) in [6, 6.07) is 2.23. The van der Waals surface area contributed by atoms with Gasteiger partial charge in [0.25, 0.3) is 0 Å². The molecule has 0 amide bonds. The molecule has 0 aromatic carbocycles. The fourth-order valence-corrected chi connectivity index (χ4v) is 12.4. The van der Waals surface area contributed by atoms with Gasteiger partial charge in [-0.3, -0.25) is 4.99 Å². The Balaban J connectivity index is 1.37. The van der Waals surface area contributed by atoms with Gasteiger partial charge in [0.1, 0.15) is 11.9 Å². The van der Waals surface area contributed by atoms with Crippen LogP contribution in [0.3, 0.4) is 0 Å². The summed E-state index contributed by atoms with van der Waals surface area (Å²) in [5.41, 5.74) is 5.16. The van der Waals surface area contributed by atoms with Crippen LogP contribution in [0.4, 0.5) is 0 Å². The number of hydrogen-bond acceptors (Lipinski definition) is 4. The topological polar surface area (TPSA) is 65.6 Å². The zero-order valence-electron chi connectivity index (χ0n) is 30.1. The van der Waals surface area contributed by atoms with E-state index in [1.807, 2.05) is 18.2 Å². The molecule has 4 heteroatoms. The number of aliphatic hydroxyl groups excluding tert-OH is 1. The maximum absolute atomic E-state index is 12.6. The minimum Gasteiger partial charge on any atom is -0.445 e. The summed E-state index contributed by atoms with van der Waals surface area (Å²) in [5.74, 6) is 5.08. The van der Waals surface area contributed by atoms with E-state index >= 15 is 0 Å². The van der Waals surface area contributed by atoms with Crippen LogP contribution in [0.1, 0.15) is 119 Å². The van der Waals surface area contributed by atoms with Crippen molar-refractivity contribution in [2.45, 2.75) is 125 Å². The highest BCUT2D eigenvalue weighted by Gasteiger charge is 2.65. The largest absolute Gasteiger partial charge is 0.445 e. The average molecular weight is 625 g/mol. The summed E-state index contributed by atoms with van der Waals surface area (Å²) >= 11 is 0. The van der Waals surface area contributed by atoms with Crippen LogP contribution < -0.4 is 0 Å². The lowest BCUT2D eigenvalue weighted by atomic mass is 9.40. The number of ether oxygens (including phenoxy) is 1. The molecule has 46 heavy (non-hydrogen) atoms. The van der Waals surface area contributed by atoms with Crippen LogP contribution in [0.15, 0.2) is 63.9 Å². The Bertz CT molecular complexity index is 1450. The van der Waals surface area contributed by atoms with Gasteiger partial charge in [-0.15, -0.1) is 0 Å². The lowest BCUT2D eigenvalue weighted by molar-refractivity contribution is -0.136. The molecule has 10 unspecified atom stereocenters. The first-order chi connectivity index (χ1) is 21.8. The quantitative estimate of drug-likeness (QED) is 0.182. The number of rotatable bonds is 6. The molecule has 1 N–H and O–H groups in total. The molecule has 4 saturated carbocycles. The minimum atomic E-state index is -0.836. The van der Waals surface area contributed by atoms with Crippen LogP contribution in [-0.2, 0) is 4.74 Å². The molecule has 0 aromatic heterocycles. The van der Waals surface area contributed by atoms with Crippen molar-refractivity contribution in [3.05, 3.63) is 58.9 Å². The Morgan fingerprint density at radius 3 is 2.43 bits per heavy atom. The highest BCUT2D eigenvalue weighted by atomic mass is 16.5. The minimum absolute atomic E-state index is 0.353. The molecule has 6 aliphatic carbocycles. The third kappa shape index (κ3) is 4.88. The van der Waals surface area contributed by atoms with Gasteiger partial charge in [-0.05, 0) is 141 Å². The highest BCUT2D eigenvalue weighted by molar-refractivity contribution is 5.84. The number of hydrogen-bond donors (Lipinski definition) is 1. The van der Waals surface area contributed by atoms with Gasteiger partial charge in [0.05, 0.1) is 6.07 Å². The smallest absolute Gasteiger partial charge is 0.219 e. The molecular formula is C42H60N2O2. The van der Waals surface area contributed by atoms with E-state index in [1.165, 1.54) is 56.1 Å². The molecule has 6 aliphatic rings. The van der Waals surface area contributed by atoms with Crippen molar-refractivity contribution in [3.8, 4) is 6.07 Å². The van der Waals surface area contributed by atoms with E-state index in [4.69, 9.17) is 4.74 Å². The standard InChI is InChI=1S/C42H60N2O2/c1-10-11-30-24-42(37(45)38(44-9)46-28(5)39(6)19-15-29(25-43)16-20-39)23-18-33-31(36(42)35(30)26(2)3)12-13-34-40(7)21-14-27(4)32(40)17-22-41(33,34)8/h11,15-16,19,26-27,31-34,37,45H,5,10,12-14,17-18,20-24H2,1-4,6-9H3/b30-11-,44-38?. The Hall–Kier alpha value is -2.38. The molecule has 10 atom stereocenters. The number of nitriles is 1. The van der Waals surface area contributed by atoms with Gasteiger partial charge in [0.2, 0.25) is 5.90 Å². The Morgan fingerprint density at radius 2 is 1.80 bits per heavy atom. The molecule has 0 heterocycles. The molecule has 6 rings (SSSR count). The van der Waals surface area contributed by atoms with Crippen molar-refractivity contribution >= 4 is 5.90 Å². The number of aliphatic imine (C=N–C) groups is 1. The summed E-state index contributed by atoms with van der Waals surface area (Å²) in [5, 5.41) is 22.0. The lowest BCUT2D eigenvalue weighted by Crippen LogP contribution is -2.58. The van der Waals surface area contributed by atoms with E-state index in [1.54, 1.807) is 12.6 Å². The summed E-state index contributed by atoms with van der Waals surface area (Å²) in [6.07, 6.45) is 20.2. The highest BCUT2D eigenvalue weighted by Crippen LogP contribution is 2.73. The first-order valence-electron chi connectivity index (χ1n) is 18.5. The number of nitrogens with zero attached hydrogens (tertiary/aromatic N) is 2. The van der Waals surface area contributed by atoms with E-state index in [2.05, 4.69) is 72.2 Å². The normalized spacial score (nSPS) is 43.4. The second kappa shape index (κ2) is 11.9. The average Bonchev–Trinajstić information content (AvgIpc) is 3.54. The van der Waals surface area contributed by atoms with Crippen LogP contribution >= 0.6 is 0 Å². The molecule has 0 radical (unpaired) electrons. The summed E-state index contributed by atoms with van der Waals surface area (Å²) in [7, 11) is 1.75. The van der Waals surface area contributed by atoms with Crippen LogP contribution in [0.2, 0.25) is 0 Å². The molecule has 4 fully saturated rings. The Morgan fingerprint density at radius 1 is 1.11 bits per heavy atom. The van der Waals surface area contributed by atoms with Crippen molar-refractivity contribution in [1.82, 2.24) is 0 Å². The van der Waals surface area contributed by atoms with Gasteiger partial charge < -0.3 is 9.84 Å². The number of aliphatic hydroxyl groups is 1. The zero-order chi connectivity index (χ0) is 33.2. The van der Waals surface area contributed by atoms with Crippen LogP contribution in [0.5, 0.6) is 0 Å². The molecule has 0 aliphatic heterocycles. The Labute approximate surface area is 279 Å². The monoisotopic (exact) mass is 624 g/mol. The predicted molar refractivity (Wildman–Crippen MR) is 189 cm³/mol. The van der Waals surface area contributed by atoms with Gasteiger partial charge in [0, 0.05) is 23.5 Å². The molecule has 0 bridgehead atoms. The van der Waals surface area contributed by atoms with Crippen LogP contribution in [0, 0.1) is 68.5 Å². The second-order valence-corrected chi connectivity index (χ2v) is 17.2. The summed E-state index contributed by atoms with van der Waals surface area (Å²) in [6.45, 7) is 21.3. The zero-order valence-corrected chi connectivity index (χ0v) is 30.1. The van der Waals surface area contributed by atoms with Crippen LogP contribution in [-0.4, -0.2) is 24.2 Å². The maximum atomic E-state index is 12.6. The van der Waals surface area contributed by atoms with Crippen molar-refractivity contribution in [2.75, 3.05) is 7.05 Å². The van der Waals surface area contributed by atoms with Crippen LogP contribution in [0.25, 0.3) is 0 Å². The first-order valence-corrected chi connectivity index (χ1v) is 18.5. The maximum Gasteiger partial charge on any atom is 0.219 e. The number of allylic oxidation sites excluding steroid dienone is 7. The molecule has 0 spiro atoms. The van der Waals surface area contributed by atoms with Crippen molar-refractivity contribution in [2.24, 2.45) is 62.2 Å². The van der Waals surface area contributed by atoms with E-state index in [9.17, 15) is 10.4 Å². The fourth-order valence-electron chi connectivity index (χ4n) is 12.4. The molecular weight excluding hydrogens is 564 g/mol. The number of fused-ring (bicyclic) bond motifs is 7. The lowest BCUT2D eigenvalue weighted by Gasteiger charge is -2.64. The third-order valence-corrected chi connectivity index (χ3v) is 14.7. The van der Waals surface area contributed by atoms with Crippen molar-refractivity contribution in [3.63, 3.8) is 0 Å². The fraction of sp³-hybridized carbons (Fsp3) is 0.714. The molecule has 0 saturated heterocycles. The van der Waals surface area contributed by atoms with Crippen molar-refractivity contribution < 1.29 is 9.84 Å². The summed E-state index contributed by atoms with van der Waals surface area (Å²) < 4.78 is 6.53. The third-order valence-electron chi connectivity index (χ3n) is 14.7. The van der Waals surface area contributed by atoms with E-state index in [0.29, 0.717) is 52.2 Å². The van der Waals surface area contributed by atoms with E-state index in [0.717, 1.165) is 37.0 Å². The van der Waals surface area contributed by atoms with E-state index in [-0.39, 0.29) is 0 Å². The summed E-state index contributed by atoms with van der Waals surface area (Å²) in [4.78, 5) is 4.64. The predicted octanol–water partition coefficient (Wildman–Crippen LogP) is 10.3. The molecule has 0 aromatic rings. The molecule has 250 valence electrons. The van der Waals surface area contributed by atoms with E-state index < -0.39 is 16.9 Å². The van der Waals surface area contributed by atoms with Gasteiger partial charge >= 0.3 is 0 Å². The van der Waals surface area contributed by atoms with Gasteiger partial charge in [-0.2, -0.15) is 5.26 Å². The van der Waals surface area contributed by atoms with Gasteiger partial charge in [0.15, 0.2) is 0 Å². The van der Waals surface area contributed by atoms with Gasteiger partial charge in [-0.1, -0.05) is 71.9 Å². The molecule has 4 nitrogen and oxygen atoms in total. The second-order valence-electron chi connectivity index (χ2n) is 17.2. The van der Waals surface area contributed by atoms with Gasteiger partial charge in [-0.25, -0.2) is 0 Å². The SMILES string of the molecule is C=C(OC(=NC)C(O)C12CCC3C(CCC4C5(C)CCC(C)C5CCC34C)C1=C(C(C)C)/C(=C\CC)C2)C1(C)C=CC(C#N)=CC1. The Kier molecular flexibility index (Phi) is 8.70. The first kappa shape index (κ1) is 33.5. The van der Waals surface area contributed by atoms with Crippen molar-refractivity contribution in [1.29, 1.82) is 5.26 Å².